The van der Waals surface area contributed by atoms with Crippen molar-refractivity contribution in [3.63, 3.8) is 0 Å². The minimum absolute atomic E-state index is 0.127. The van der Waals surface area contributed by atoms with Crippen LogP contribution in [0, 0.1) is 17.8 Å². The van der Waals surface area contributed by atoms with Crippen LogP contribution in [0.2, 0.25) is 0 Å². The Bertz CT molecular complexity index is 275. The number of allylic oxidation sites excluding steroid dienone is 2. The zero-order valence-corrected chi connectivity index (χ0v) is 9.95. The predicted molar refractivity (Wildman–Crippen MR) is 63.0 cm³/mol. The fourth-order valence-electron chi connectivity index (χ4n) is 2.87. The van der Waals surface area contributed by atoms with Crippen molar-refractivity contribution in [2.45, 2.75) is 25.7 Å². The molecular formula is C13H21NO2. The van der Waals surface area contributed by atoms with E-state index in [0.29, 0.717) is 6.42 Å². The molecule has 1 fully saturated rings. The van der Waals surface area contributed by atoms with Crippen molar-refractivity contribution in [3.05, 3.63) is 12.2 Å². The maximum Gasteiger partial charge on any atom is 0.306 e. The van der Waals surface area contributed by atoms with Crippen molar-refractivity contribution in [1.29, 1.82) is 0 Å². The summed E-state index contributed by atoms with van der Waals surface area (Å²) in [6.45, 7) is 1.78. The van der Waals surface area contributed by atoms with E-state index in [0.717, 1.165) is 30.8 Å². The van der Waals surface area contributed by atoms with Crippen molar-refractivity contribution in [1.82, 2.24) is 5.32 Å². The van der Waals surface area contributed by atoms with Gasteiger partial charge in [-0.1, -0.05) is 12.2 Å². The Balaban J connectivity index is 1.64. The summed E-state index contributed by atoms with van der Waals surface area (Å²) < 4.78 is 4.60. The average molecular weight is 223 g/mol. The molecule has 0 radical (unpaired) electrons. The molecule has 3 unspecified atom stereocenters. The number of nitrogens with one attached hydrogen (secondary N) is 1. The van der Waals surface area contributed by atoms with Gasteiger partial charge in [0.05, 0.1) is 13.5 Å². The van der Waals surface area contributed by atoms with Crippen molar-refractivity contribution in [2.24, 2.45) is 17.8 Å². The molecule has 90 valence electrons. The molecule has 0 amide bonds. The zero-order chi connectivity index (χ0) is 11.4. The lowest BCUT2D eigenvalue weighted by molar-refractivity contribution is -0.140. The number of rotatable bonds is 5. The number of methoxy groups -OCH3 is 1. The Morgan fingerprint density at radius 3 is 2.88 bits per heavy atom. The second kappa shape index (κ2) is 5.48. The highest BCUT2D eigenvalue weighted by Gasteiger charge is 2.31. The van der Waals surface area contributed by atoms with Gasteiger partial charge in [0, 0.05) is 6.54 Å². The van der Waals surface area contributed by atoms with Gasteiger partial charge in [-0.25, -0.2) is 0 Å². The highest BCUT2D eigenvalue weighted by molar-refractivity contribution is 5.69. The lowest BCUT2D eigenvalue weighted by Gasteiger charge is -2.38. The van der Waals surface area contributed by atoms with Gasteiger partial charge < -0.3 is 10.1 Å². The summed E-state index contributed by atoms with van der Waals surface area (Å²) in [6.07, 6.45) is 9.31. The Labute approximate surface area is 97.2 Å². The Morgan fingerprint density at radius 1 is 1.44 bits per heavy atom. The molecule has 0 aromatic carbocycles. The van der Waals surface area contributed by atoms with Crippen LogP contribution >= 0.6 is 0 Å². The topological polar surface area (TPSA) is 38.3 Å². The summed E-state index contributed by atoms with van der Waals surface area (Å²) in [6, 6.07) is 0. The van der Waals surface area contributed by atoms with Crippen LogP contribution in [0.25, 0.3) is 0 Å². The third-order valence-corrected chi connectivity index (χ3v) is 3.85. The Morgan fingerprint density at radius 2 is 2.31 bits per heavy atom. The van der Waals surface area contributed by atoms with E-state index < -0.39 is 0 Å². The monoisotopic (exact) mass is 223 g/mol. The maximum absolute atomic E-state index is 10.9. The first-order chi connectivity index (χ1) is 7.79. The van der Waals surface area contributed by atoms with Gasteiger partial charge in [-0.2, -0.15) is 0 Å². The number of fused-ring (bicyclic) bond motifs is 2. The van der Waals surface area contributed by atoms with Gasteiger partial charge in [-0.05, 0) is 43.6 Å². The fourth-order valence-corrected chi connectivity index (χ4v) is 2.87. The molecule has 0 aliphatic heterocycles. The summed E-state index contributed by atoms with van der Waals surface area (Å²) in [4.78, 5) is 10.9. The van der Waals surface area contributed by atoms with Crippen LogP contribution in [0.3, 0.4) is 0 Å². The van der Waals surface area contributed by atoms with Crippen LogP contribution in [0.4, 0.5) is 0 Å². The van der Waals surface area contributed by atoms with Crippen LogP contribution in [-0.4, -0.2) is 26.2 Å². The molecule has 16 heavy (non-hydrogen) atoms. The smallest absolute Gasteiger partial charge is 0.306 e. The molecule has 3 aliphatic carbocycles. The molecule has 3 atom stereocenters. The van der Waals surface area contributed by atoms with Gasteiger partial charge >= 0.3 is 5.97 Å². The molecular weight excluding hydrogens is 202 g/mol. The summed E-state index contributed by atoms with van der Waals surface area (Å²) in [5.41, 5.74) is 0. The van der Waals surface area contributed by atoms with Gasteiger partial charge in [-0.15, -0.1) is 0 Å². The number of hydrogen-bond acceptors (Lipinski definition) is 3. The molecule has 1 saturated carbocycles. The SMILES string of the molecule is COC(=O)CCNCC1CC2C=CC1CC2. The third-order valence-electron chi connectivity index (χ3n) is 3.85. The molecule has 0 spiro atoms. The van der Waals surface area contributed by atoms with Crippen LogP contribution in [0.5, 0.6) is 0 Å². The first-order valence-corrected chi connectivity index (χ1v) is 6.25. The van der Waals surface area contributed by atoms with Crippen LogP contribution < -0.4 is 5.32 Å². The fraction of sp³-hybridized carbons (Fsp3) is 0.769. The van der Waals surface area contributed by atoms with Crippen molar-refractivity contribution in [3.8, 4) is 0 Å². The molecule has 0 saturated heterocycles. The van der Waals surface area contributed by atoms with Crippen LogP contribution in [-0.2, 0) is 9.53 Å². The highest BCUT2D eigenvalue weighted by atomic mass is 16.5. The standard InChI is InChI=1S/C13H21NO2/c1-16-13(15)6-7-14-9-12-8-10-2-4-11(12)5-3-10/h2,4,10-12,14H,3,5-9H2,1H3. The average Bonchev–Trinajstić information content (AvgIpc) is 2.36. The van der Waals surface area contributed by atoms with E-state index in [1.807, 2.05) is 0 Å². The van der Waals surface area contributed by atoms with Gasteiger partial charge in [0.15, 0.2) is 0 Å². The van der Waals surface area contributed by atoms with E-state index in [-0.39, 0.29) is 5.97 Å². The van der Waals surface area contributed by atoms with Gasteiger partial charge in [0.1, 0.15) is 0 Å². The zero-order valence-electron chi connectivity index (χ0n) is 9.95. The number of hydrogen-bond donors (Lipinski definition) is 1. The van der Waals surface area contributed by atoms with Gasteiger partial charge in [-0.3, -0.25) is 4.79 Å². The van der Waals surface area contributed by atoms with Crippen molar-refractivity contribution < 1.29 is 9.53 Å². The minimum Gasteiger partial charge on any atom is -0.469 e. The number of carbonyl (C=O) groups is 1. The molecule has 3 nitrogen and oxygen atoms in total. The lowest BCUT2D eigenvalue weighted by Crippen LogP contribution is -2.35. The van der Waals surface area contributed by atoms with E-state index in [1.165, 1.54) is 26.4 Å². The molecule has 0 heterocycles. The molecule has 1 N–H and O–H groups in total. The number of carbonyl (C=O) groups excluding carboxylic acids is 1. The van der Waals surface area contributed by atoms with Crippen LogP contribution in [0.15, 0.2) is 12.2 Å². The third kappa shape index (κ3) is 2.85. The number of ether oxygens (including phenoxy) is 1. The summed E-state index contributed by atoms with van der Waals surface area (Å²) in [5.74, 6) is 2.24. The molecule has 2 bridgehead atoms. The van der Waals surface area contributed by atoms with Gasteiger partial charge in [0.25, 0.3) is 0 Å². The molecule has 0 aromatic rings. The summed E-state index contributed by atoms with van der Waals surface area (Å²) >= 11 is 0. The van der Waals surface area contributed by atoms with E-state index >= 15 is 0 Å². The molecule has 3 heteroatoms. The molecule has 3 aliphatic rings. The number of esters is 1. The highest BCUT2D eigenvalue weighted by Crippen LogP contribution is 2.39. The minimum atomic E-state index is -0.127. The quantitative estimate of drug-likeness (QED) is 0.438. The second-order valence-corrected chi connectivity index (χ2v) is 4.91. The van der Waals surface area contributed by atoms with Crippen molar-refractivity contribution >= 4 is 5.97 Å². The first-order valence-electron chi connectivity index (χ1n) is 6.25. The summed E-state index contributed by atoms with van der Waals surface area (Å²) in [7, 11) is 1.44. The van der Waals surface area contributed by atoms with E-state index in [2.05, 4.69) is 22.2 Å². The second-order valence-electron chi connectivity index (χ2n) is 4.91. The van der Waals surface area contributed by atoms with E-state index in [9.17, 15) is 4.79 Å². The normalized spacial score (nSPS) is 31.7. The van der Waals surface area contributed by atoms with Crippen LogP contribution in [0.1, 0.15) is 25.7 Å². The lowest BCUT2D eigenvalue weighted by atomic mass is 9.69. The van der Waals surface area contributed by atoms with E-state index in [4.69, 9.17) is 0 Å². The summed E-state index contributed by atoms with van der Waals surface area (Å²) in [5, 5.41) is 3.37. The maximum atomic E-state index is 10.9. The molecule has 0 aromatic heterocycles. The predicted octanol–water partition coefficient (Wildman–Crippen LogP) is 1.74. The Kier molecular flexibility index (Phi) is 3.99. The van der Waals surface area contributed by atoms with Crippen molar-refractivity contribution in [2.75, 3.05) is 20.2 Å². The first kappa shape index (κ1) is 11.6. The molecule has 3 rings (SSSR count). The Hall–Kier alpha value is -0.830. The van der Waals surface area contributed by atoms with E-state index in [1.54, 1.807) is 0 Å². The van der Waals surface area contributed by atoms with Gasteiger partial charge in [0.2, 0.25) is 0 Å². The largest absolute Gasteiger partial charge is 0.469 e.